The van der Waals surface area contributed by atoms with E-state index in [1.807, 2.05) is 5.48 Å². The zero-order valence-electron chi connectivity index (χ0n) is 5.63. The van der Waals surface area contributed by atoms with Crippen molar-refractivity contribution in [2.75, 3.05) is 5.48 Å². The Morgan fingerprint density at radius 1 is 1.40 bits per heavy atom. The summed E-state index contributed by atoms with van der Waals surface area (Å²) in [6.45, 7) is 1.72. The second-order valence-electron chi connectivity index (χ2n) is 2.06. The zero-order valence-corrected chi connectivity index (χ0v) is 5.63. The summed E-state index contributed by atoms with van der Waals surface area (Å²) >= 11 is 0. The van der Waals surface area contributed by atoms with E-state index >= 15 is 0 Å². The molecule has 0 spiro atoms. The van der Waals surface area contributed by atoms with Crippen LogP contribution in [0, 0.1) is 6.92 Å². The SMILES string of the molecule is Cc1c(O)cccc1NO. The number of rotatable bonds is 1. The molecule has 0 saturated heterocycles. The Labute approximate surface area is 58.9 Å². The minimum absolute atomic E-state index is 0.180. The minimum atomic E-state index is 0.180. The average Bonchev–Trinajstić information content (AvgIpc) is 1.95. The Bertz CT molecular complexity index is 235. The van der Waals surface area contributed by atoms with Gasteiger partial charge in [-0.1, -0.05) is 6.07 Å². The van der Waals surface area contributed by atoms with Gasteiger partial charge in [-0.15, -0.1) is 0 Å². The van der Waals surface area contributed by atoms with E-state index < -0.39 is 0 Å². The second-order valence-corrected chi connectivity index (χ2v) is 2.06. The van der Waals surface area contributed by atoms with E-state index in [1.54, 1.807) is 25.1 Å². The fraction of sp³-hybridized carbons (Fsp3) is 0.143. The Morgan fingerprint density at radius 3 is 2.60 bits per heavy atom. The fourth-order valence-corrected chi connectivity index (χ4v) is 0.745. The van der Waals surface area contributed by atoms with Crippen molar-refractivity contribution in [3.05, 3.63) is 23.8 Å². The van der Waals surface area contributed by atoms with Crippen LogP contribution < -0.4 is 5.48 Å². The number of aromatic hydroxyl groups is 1. The van der Waals surface area contributed by atoms with Gasteiger partial charge in [-0.25, -0.2) is 0 Å². The molecule has 10 heavy (non-hydrogen) atoms. The molecule has 0 aliphatic rings. The van der Waals surface area contributed by atoms with Gasteiger partial charge in [-0.3, -0.25) is 10.7 Å². The van der Waals surface area contributed by atoms with Gasteiger partial charge in [0.2, 0.25) is 0 Å². The first-order valence-corrected chi connectivity index (χ1v) is 2.94. The van der Waals surface area contributed by atoms with Crippen LogP contribution in [0.4, 0.5) is 5.69 Å². The van der Waals surface area contributed by atoms with Crippen LogP contribution in [0.5, 0.6) is 5.75 Å². The standard InChI is InChI=1S/C7H9NO2/c1-5-6(8-10)3-2-4-7(5)9/h2-4,8-10H,1H3. The summed E-state index contributed by atoms with van der Waals surface area (Å²) in [6.07, 6.45) is 0. The highest BCUT2D eigenvalue weighted by atomic mass is 16.5. The maximum Gasteiger partial charge on any atom is 0.120 e. The molecule has 3 nitrogen and oxygen atoms in total. The van der Waals surface area contributed by atoms with Gasteiger partial charge in [0, 0.05) is 5.56 Å². The van der Waals surface area contributed by atoms with Gasteiger partial charge >= 0.3 is 0 Å². The van der Waals surface area contributed by atoms with E-state index in [0.29, 0.717) is 11.3 Å². The molecular formula is C7H9NO2. The van der Waals surface area contributed by atoms with Crippen LogP contribution in [0.2, 0.25) is 0 Å². The molecule has 0 bridgehead atoms. The average molecular weight is 139 g/mol. The third-order valence-electron chi connectivity index (χ3n) is 1.43. The van der Waals surface area contributed by atoms with Crippen LogP contribution in [0.15, 0.2) is 18.2 Å². The number of phenolic OH excluding ortho intramolecular Hbond substituents is 1. The van der Waals surface area contributed by atoms with Crippen molar-refractivity contribution in [3.8, 4) is 5.75 Å². The first kappa shape index (κ1) is 6.89. The molecule has 0 saturated carbocycles. The predicted octanol–water partition coefficient (Wildman–Crippen LogP) is 1.50. The van der Waals surface area contributed by atoms with Crippen molar-refractivity contribution < 1.29 is 10.3 Å². The summed E-state index contributed by atoms with van der Waals surface area (Å²) in [5.74, 6) is 0.180. The van der Waals surface area contributed by atoms with Gasteiger partial charge in [0.25, 0.3) is 0 Å². The summed E-state index contributed by atoms with van der Waals surface area (Å²) in [5, 5.41) is 17.6. The van der Waals surface area contributed by atoms with E-state index in [1.165, 1.54) is 0 Å². The smallest absolute Gasteiger partial charge is 0.120 e. The van der Waals surface area contributed by atoms with E-state index in [0.717, 1.165) is 0 Å². The molecule has 0 aromatic heterocycles. The number of anilines is 1. The molecule has 3 N–H and O–H groups in total. The lowest BCUT2D eigenvalue weighted by atomic mass is 10.2. The Morgan fingerprint density at radius 2 is 2.10 bits per heavy atom. The molecule has 0 amide bonds. The predicted molar refractivity (Wildman–Crippen MR) is 38.3 cm³/mol. The van der Waals surface area contributed by atoms with Crippen molar-refractivity contribution in [2.24, 2.45) is 0 Å². The Balaban J connectivity index is 3.14. The second kappa shape index (κ2) is 2.58. The number of hydrogen-bond donors (Lipinski definition) is 3. The van der Waals surface area contributed by atoms with Crippen LogP contribution in [0.3, 0.4) is 0 Å². The molecule has 0 radical (unpaired) electrons. The summed E-state index contributed by atoms with van der Waals surface area (Å²) < 4.78 is 0. The van der Waals surface area contributed by atoms with Crippen molar-refractivity contribution in [1.29, 1.82) is 0 Å². The molecule has 0 aliphatic carbocycles. The molecule has 1 rings (SSSR count). The van der Waals surface area contributed by atoms with E-state index in [9.17, 15) is 0 Å². The van der Waals surface area contributed by atoms with Crippen LogP contribution in [-0.2, 0) is 0 Å². The first-order chi connectivity index (χ1) is 4.75. The maximum absolute atomic E-state index is 9.08. The molecule has 0 heterocycles. The number of phenols is 1. The normalized spacial score (nSPS) is 9.40. The van der Waals surface area contributed by atoms with E-state index in [4.69, 9.17) is 10.3 Å². The lowest BCUT2D eigenvalue weighted by molar-refractivity contribution is 0.387. The van der Waals surface area contributed by atoms with Crippen molar-refractivity contribution in [2.45, 2.75) is 6.92 Å². The van der Waals surface area contributed by atoms with Crippen molar-refractivity contribution in [1.82, 2.24) is 0 Å². The maximum atomic E-state index is 9.08. The van der Waals surface area contributed by atoms with Crippen molar-refractivity contribution in [3.63, 3.8) is 0 Å². The largest absolute Gasteiger partial charge is 0.508 e. The molecular weight excluding hydrogens is 130 g/mol. The molecule has 54 valence electrons. The van der Waals surface area contributed by atoms with Gasteiger partial charge in [0.1, 0.15) is 5.75 Å². The Hall–Kier alpha value is -1.22. The lowest BCUT2D eigenvalue weighted by Crippen LogP contribution is -1.91. The van der Waals surface area contributed by atoms with Gasteiger partial charge in [-0.2, -0.15) is 0 Å². The summed E-state index contributed by atoms with van der Waals surface area (Å²) in [5.41, 5.74) is 3.15. The molecule has 1 aromatic rings. The quantitative estimate of drug-likeness (QED) is 0.517. The number of nitrogens with one attached hydrogen (secondary N) is 1. The highest BCUT2D eigenvalue weighted by Gasteiger charge is 1.98. The first-order valence-electron chi connectivity index (χ1n) is 2.94. The van der Waals surface area contributed by atoms with Crippen molar-refractivity contribution >= 4 is 5.69 Å². The van der Waals surface area contributed by atoms with Gasteiger partial charge in [0.05, 0.1) is 5.69 Å². The van der Waals surface area contributed by atoms with Gasteiger partial charge < -0.3 is 5.11 Å². The fourth-order valence-electron chi connectivity index (χ4n) is 0.745. The molecule has 3 heteroatoms. The summed E-state index contributed by atoms with van der Waals surface area (Å²) in [4.78, 5) is 0. The van der Waals surface area contributed by atoms with Crippen LogP contribution in [0.25, 0.3) is 0 Å². The third kappa shape index (κ3) is 1.04. The number of hydrogen-bond acceptors (Lipinski definition) is 3. The summed E-state index contributed by atoms with van der Waals surface area (Å²) in [6, 6.07) is 4.89. The lowest BCUT2D eigenvalue weighted by Gasteiger charge is -2.03. The molecule has 0 aliphatic heterocycles. The number of benzene rings is 1. The Kier molecular flexibility index (Phi) is 1.78. The molecule has 1 aromatic carbocycles. The monoisotopic (exact) mass is 139 g/mol. The topological polar surface area (TPSA) is 52.5 Å². The van der Waals surface area contributed by atoms with Crippen LogP contribution >= 0.6 is 0 Å². The molecule has 0 fully saturated rings. The van der Waals surface area contributed by atoms with E-state index in [-0.39, 0.29) is 5.75 Å². The minimum Gasteiger partial charge on any atom is -0.508 e. The zero-order chi connectivity index (χ0) is 7.56. The summed E-state index contributed by atoms with van der Waals surface area (Å²) in [7, 11) is 0. The van der Waals surface area contributed by atoms with Crippen LogP contribution in [-0.4, -0.2) is 10.3 Å². The highest BCUT2D eigenvalue weighted by molar-refractivity contribution is 5.54. The van der Waals surface area contributed by atoms with Gasteiger partial charge in [0.15, 0.2) is 0 Å². The third-order valence-corrected chi connectivity index (χ3v) is 1.43. The molecule has 0 atom stereocenters. The highest BCUT2D eigenvalue weighted by Crippen LogP contribution is 2.22. The van der Waals surface area contributed by atoms with E-state index in [2.05, 4.69) is 0 Å². The molecule has 0 unspecified atom stereocenters. The van der Waals surface area contributed by atoms with Crippen LogP contribution in [0.1, 0.15) is 5.56 Å². The van der Waals surface area contributed by atoms with Gasteiger partial charge in [-0.05, 0) is 19.1 Å².